The number of nitrogens with two attached hydrogens (primary N) is 1. The van der Waals surface area contributed by atoms with Crippen molar-refractivity contribution in [2.45, 2.75) is 50.7 Å². The van der Waals surface area contributed by atoms with E-state index >= 15 is 0 Å². The predicted octanol–water partition coefficient (Wildman–Crippen LogP) is 3.13. The van der Waals surface area contributed by atoms with Crippen LogP contribution >= 0.6 is 0 Å². The summed E-state index contributed by atoms with van der Waals surface area (Å²) in [5.41, 5.74) is 7.28. The molecule has 0 radical (unpaired) electrons. The van der Waals surface area contributed by atoms with Crippen molar-refractivity contribution in [2.24, 2.45) is 5.73 Å². The van der Waals surface area contributed by atoms with Crippen LogP contribution in [0.25, 0.3) is 0 Å². The van der Waals surface area contributed by atoms with E-state index in [1.807, 2.05) is 6.07 Å². The lowest BCUT2D eigenvalue weighted by Crippen LogP contribution is -2.52. The molecule has 0 bridgehead atoms. The highest BCUT2D eigenvalue weighted by atomic mass is 16.3. The van der Waals surface area contributed by atoms with Crippen LogP contribution in [0.2, 0.25) is 0 Å². The first-order valence-corrected chi connectivity index (χ1v) is 9.00. The van der Waals surface area contributed by atoms with E-state index in [4.69, 9.17) is 10.2 Å². The van der Waals surface area contributed by atoms with Crippen LogP contribution in [0.15, 0.2) is 47.1 Å². The average molecular weight is 341 g/mol. The van der Waals surface area contributed by atoms with E-state index in [1.54, 1.807) is 6.07 Å². The Labute approximate surface area is 149 Å². The minimum atomic E-state index is -0.108. The van der Waals surface area contributed by atoms with Gasteiger partial charge in [0.25, 0.3) is 5.91 Å². The van der Waals surface area contributed by atoms with E-state index in [-0.39, 0.29) is 17.5 Å². The first-order valence-electron chi connectivity index (χ1n) is 9.00. The Morgan fingerprint density at radius 1 is 1.28 bits per heavy atom. The highest BCUT2D eigenvalue weighted by Gasteiger charge is 2.35. The standard InChI is InChI=1S/C20H27N3O2/c1-15(16-7-3-2-4-8-16)23-20(9-5-6-10-20)14-22-19(24)17-11-18(12-21)25-13-17/h2-4,7-8,11,13,15,23H,5-6,9-10,12,14,21H2,1H3,(H,22,24). The third kappa shape index (κ3) is 4.30. The van der Waals surface area contributed by atoms with Crippen LogP contribution in [-0.4, -0.2) is 18.0 Å². The van der Waals surface area contributed by atoms with E-state index in [1.165, 1.54) is 24.7 Å². The first-order chi connectivity index (χ1) is 12.1. The van der Waals surface area contributed by atoms with Gasteiger partial charge in [-0.2, -0.15) is 0 Å². The van der Waals surface area contributed by atoms with Gasteiger partial charge in [0.2, 0.25) is 0 Å². The first kappa shape index (κ1) is 17.7. The van der Waals surface area contributed by atoms with Gasteiger partial charge in [0.15, 0.2) is 0 Å². The highest BCUT2D eigenvalue weighted by molar-refractivity contribution is 5.94. The van der Waals surface area contributed by atoms with Crippen molar-refractivity contribution in [3.05, 3.63) is 59.5 Å². The number of amides is 1. The second kappa shape index (κ2) is 7.85. The van der Waals surface area contributed by atoms with E-state index in [2.05, 4.69) is 41.8 Å². The van der Waals surface area contributed by atoms with Crippen molar-refractivity contribution in [3.8, 4) is 0 Å². The van der Waals surface area contributed by atoms with Gasteiger partial charge in [-0.15, -0.1) is 0 Å². The predicted molar refractivity (Wildman–Crippen MR) is 98.1 cm³/mol. The number of benzene rings is 1. The minimum Gasteiger partial charge on any atom is -0.467 e. The summed E-state index contributed by atoms with van der Waals surface area (Å²) in [6.07, 6.45) is 5.99. The number of furan rings is 1. The number of carbonyl (C=O) groups is 1. The molecule has 1 aromatic carbocycles. The Bertz CT molecular complexity index is 690. The number of nitrogens with one attached hydrogen (secondary N) is 2. The van der Waals surface area contributed by atoms with Crippen LogP contribution in [0.4, 0.5) is 0 Å². The van der Waals surface area contributed by atoms with Gasteiger partial charge in [-0.25, -0.2) is 0 Å². The summed E-state index contributed by atoms with van der Waals surface area (Å²) in [6.45, 7) is 3.10. The molecule has 1 saturated carbocycles. The maximum atomic E-state index is 12.4. The van der Waals surface area contributed by atoms with E-state index in [9.17, 15) is 4.79 Å². The van der Waals surface area contributed by atoms with Gasteiger partial charge in [0.05, 0.1) is 12.1 Å². The molecule has 1 fully saturated rings. The SMILES string of the molecule is CC(NC1(CNC(=O)c2coc(CN)c2)CCCC1)c1ccccc1. The van der Waals surface area contributed by atoms with Gasteiger partial charge in [-0.1, -0.05) is 43.2 Å². The molecule has 0 spiro atoms. The summed E-state index contributed by atoms with van der Waals surface area (Å²) in [5, 5.41) is 6.85. The minimum absolute atomic E-state index is 0.0502. The van der Waals surface area contributed by atoms with E-state index < -0.39 is 0 Å². The molecule has 1 aliphatic rings. The van der Waals surface area contributed by atoms with Gasteiger partial charge < -0.3 is 20.8 Å². The summed E-state index contributed by atoms with van der Waals surface area (Å²) in [7, 11) is 0. The molecule has 5 nitrogen and oxygen atoms in total. The van der Waals surface area contributed by atoms with E-state index in [0.29, 0.717) is 24.4 Å². The smallest absolute Gasteiger partial charge is 0.254 e. The molecule has 134 valence electrons. The summed E-state index contributed by atoms with van der Waals surface area (Å²) in [6, 6.07) is 12.4. The quantitative estimate of drug-likeness (QED) is 0.723. The monoisotopic (exact) mass is 341 g/mol. The fraction of sp³-hybridized carbons (Fsp3) is 0.450. The zero-order valence-corrected chi connectivity index (χ0v) is 14.8. The second-order valence-electron chi connectivity index (χ2n) is 6.95. The molecule has 1 aromatic heterocycles. The lowest BCUT2D eigenvalue weighted by Gasteiger charge is -2.34. The Morgan fingerprint density at radius 2 is 2.00 bits per heavy atom. The molecule has 1 atom stereocenters. The number of hydrogen-bond acceptors (Lipinski definition) is 4. The van der Waals surface area contributed by atoms with E-state index in [0.717, 1.165) is 12.8 Å². The number of rotatable bonds is 7. The van der Waals surface area contributed by atoms with Crippen molar-refractivity contribution in [1.29, 1.82) is 0 Å². The second-order valence-corrected chi connectivity index (χ2v) is 6.95. The Kier molecular flexibility index (Phi) is 5.56. The molecular formula is C20H27N3O2. The van der Waals surface area contributed by atoms with Gasteiger partial charge >= 0.3 is 0 Å². The average Bonchev–Trinajstić information content (AvgIpc) is 3.30. The highest BCUT2D eigenvalue weighted by Crippen LogP contribution is 2.32. The molecule has 1 heterocycles. The molecule has 0 saturated heterocycles. The van der Waals surface area contributed by atoms with Gasteiger partial charge in [0.1, 0.15) is 12.0 Å². The van der Waals surface area contributed by atoms with Crippen LogP contribution < -0.4 is 16.4 Å². The molecule has 3 rings (SSSR count). The van der Waals surface area contributed by atoms with Crippen LogP contribution in [-0.2, 0) is 6.54 Å². The lowest BCUT2D eigenvalue weighted by molar-refractivity contribution is 0.0936. The lowest BCUT2D eigenvalue weighted by atomic mass is 9.94. The van der Waals surface area contributed by atoms with Crippen molar-refractivity contribution in [3.63, 3.8) is 0 Å². The third-order valence-corrected chi connectivity index (χ3v) is 5.09. The van der Waals surface area contributed by atoms with Crippen molar-refractivity contribution >= 4 is 5.91 Å². The summed E-state index contributed by atoms with van der Waals surface area (Å²) < 4.78 is 5.25. The van der Waals surface area contributed by atoms with Crippen LogP contribution in [0, 0.1) is 0 Å². The third-order valence-electron chi connectivity index (χ3n) is 5.09. The van der Waals surface area contributed by atoms with Crippen LogP contribution in [0.5, 0.6) is 0 Å². The number of hydrogen-bond donors (Lipinski definition) is 3. The maximum absolute atomic E-state index is 12.4. The maximum Gasteiger partial charge on any atom is 0.254 e. The molecule has 1 amide bonds. The van der Waals surface area contributed by atoms with Gasteiger partial charge in [0, 0.05) is 18.1 Å². The van der Waals surface area contributed by atoms with Gasteiger partial charge in [-0.05, 0) is 31.4 Å². The Morgan fingerprint density at radius 3 is 2.64 bits per heavy atom. The molecule has 4 N–H and O–H groups in total. The molecule has 5 heteroatoms. The van der Waals surface area contributed by atoms with Crippen LogP contribution in [0.3, 0.4) is 0 Å². The molecule has 1 unspecified atom stereocenters. The molecular weight excluding hydrogens is 314 g/mol. The van der Waals surface area contributed by atoms with Gasteiger partial charge in [-0.3, -0.25) is 4.79 Å². The fourth-order valence-corrected chi connectivity index (χ4v) is 3.67. The van der Waals surface area contributed by atoms with Crippen LogP contribution in [0.1, 0.15) is 60.3 Å². The molecule has 0 aliphatic heterocycles. The Balaban J connectivity index is 1.63. The van der Waals surface area contributed by atoms with Crippen molar-refractivity contribution in [1.82, 2.24) is 10.6 Å². The zero-order valence-electron chi connectivity index (χ0n) is 14.8. The molecule has 25 heavy (non-hydrogen) atoms. The molecule has 1 aliphatic carbocycles. The zero-order chi connectivity index (χ0) is 17.7. The van der Waals surface area contributed by atoms with Crippen molar-refractivity contribution in [2.75, 3.05) is 6.54 Å². The summed E-state index contributed by atoms with van der Waals surface area (Å²) in [5.74, 6) is 0.514. The fourth-order valence-electron chi connectivity index (χ4n) is 3.67. The number of carbonyl (C=O) groups excluding carboxylic acids is 1. The molecule has 2 aromatic rings. The topological polar surface area (TPSA) is 80.3 Å². The largest absolute Gasteiger partial charge is 0.467 e. The summed E-state index contributed by atoms with van der Waals surface area (Å²) >= 11 is 0. The Hall–Kier alpha value is -2.11. The normalized spacial score (nSPS) is 17.4. The van der Waals surface area contributed by atoms with Crippen molar-refractivity contribution < 1.29 is 9.21 Å². The summed E-state index contributed by atoms with van der Waals surface area (Å²) in [4.78, 5) is 12.4.